The number of fused-ring (bicyclic) bond motifs is 3. The molecule has 0 spiro atoms. The fourth-order valence-electron chi connectivity index (χ4n) is 3.63. The number of nitrogens with zero attached hydrogens (tertiary/aromatic N) is 2. The first-order valence-corrected chi connectivity index (χ1v) is 7.51. The number of aromatic amines is 2. The molecule has 3 aromatic rings. The van der Waals surface area contributed by atoms with Crippen LogP contribution in [0.15, 0.2) is 23.3 Å². The zero-order valence-corrected chi connectivity index (χ0v) is 12.0. The highest BCUT2D eigenvalue weighted by molar-refractivity contribution is 6.00. The molecule has 0 radical (unpaired) electrons. The lowest BCUT2D eigenvalue weighted by Gasteiger charge is -2.28. The highest BCUT2D eigenvalue weighted by atomic mass is 16.1. The molecule has 4 N–H and O–H groups in total. The first-order valence-electron chi connectivity index (χ1n) is 7.51. The van der Waals surface area contributed by atoms with E-state index in [1.165, 1.54) is 0 Å². The van der Waals surface area contributed by atoms with Crippen molar-refractivity contribution in [3.63, 3.8) is 0 Å². The predicted octanol–water partition coefficient (Wildman–Crippen LogP) is 1.42. The molecule has 22 heavy (non-hydrogen) atoms. The van der Waals surface area contributed by atoms with Crippen LogP contribution in [0.5, 0.6) is 0 Å². The monoisotopic (exact) mass is 299 g/mol. The Bertz CT molecular complexity index is 919. The molecule has 1 aliphatic carbocycles. The number of H-pyrrole nitrogens is 2. The van der Waals surface area contributed by atoms with E-state index in [-0.39, 0.29) is 23.6 Å². The maximum atomic E-state index is 12.4. The van der Waals surface area contributed by atoms with Crippen LogP contribution in [-0.4, -0.2) is 25.4 Å². The van der Waals surface area contributed by atoms with Gasteiger partial charge in [-0.05, 0) is 25.3 Å². The molecule has 7 nitrogen and oxygen atoms in total. The highest BCUT2D eigenvalue weighted by Gasteiger charge is 2.29. The Balaban J connectivity index is 1.90. The second-order valence-electron chi connectivity index (χ2n) is 5.98. The van der Waals surface area contributed by atoms with Gasteiger partial charge in [-0.15, -0.1) is 0 Å². The first-order chi connectivity index (χ1) is 10.6. The van der Waals surface area contributed by atoms with Crippen LogP contribution in [0.1, 0.15) is 31.7 Å². The third-order valence-electron chi connectivity index (χ3n) is 4.67. The summed E-state index contributed by atoms with van der Waals surface area (Å²) in [7, 11) is 0. The molecular formula is C15H17N5O2. The summed E-state index contributed by atoms with van der Waals surface area (Å²) in [5, 5.41) is 0.914. The number of carbonyl (C=O) groups is 1. The third-order valence-corrected chi connectivity index (χ3v) is 4.67. The Morgan fingerprint density at radius 3 is 3.09 bits per heavy atom. The minimum absolute atomic E-state index is 0.00648. The largest absolute Gasteiger partial charge is 0.369 e. The quantitative estimate of drug-likeness (QED) is 0.665. The number of primary amides is 1. The van der Waals surface area contributed by atoms with Crippen LogP contribution in [0.4, 0.5) is 0 Å². The van der Waals surface area contributed by atoms with Crippen molar-refractivity contribution in [3.8, 4) is 0 Å². The number of pyridine rings is 1. The van der Waals surface area contributed by atoms with Crippen LogP contribution in [0.2, 0.25) is 0 Å². The Morgan fingerprint density at radius 2 is 2.27 bits per heavy atom. The molecule has 0 bridgehead atoms. The fraction of sp³-hybridized carbons (Fsp3) is 0.400. The van der Waals surface area contributed by atoms with E-state index in [9.17, 15) is 9.59 Å². The summed E-state index contributed by atoms with van der Waals surface area (Å²) in [5.74, 6) is -0.426. The number of hydrogen-bond acceptors (Lipinski definition) is 3. The van der Waals surface area contributed by atoms with E-state index in [1.807, 2.05) is 12.3 Å². The second kappa shape index (κ2) is 4.72. The highest BCUT2D eigenvalue weighted by Crippen LogP contribution is 2.34. The van der Waals surface area contributed by atoms with Gasteiger partial charge in [0.25, 0.3) is 0 Å². The standard InChI is InChI=1S/C15H17N5O2/c16-13(21)8-2-1-3-9(6-8)20-12-10-4-5-17-14(10)18-7-11(12)19-15(20)22/h4-5,7-9H,1-3,6H2,(H2,16,21)(H,17,18)(H,19,22)/t8-,9-/m0/s1. The molecule has 1 aliphatic rings. The molecule has 0 unspecified atom stereocenters. The second-order valence-corrected chi connectivity index (χ2v) is 5.98. The number of nitrogens with two attached hydrogens (primary N) is 1. The van der Waals surface area contributed by atoms with E-state index in [4.69, 9.17) is 5.73 Å². The zero-order valence-electron chi connectivity index (χ0n) is 12.0. The number of amides is 1. The summed E-state index contributed by atoms with van der Waals surface area (Å²) < 4.78 is 1.78. The normalized spacial score (nSPS) is 22.4. The summed E-state index contributed by atoms with van der Waals surface area (Å²) in [4.78, 5) is 34.2. The van der Waals surface area contributed by atoms with E-state index in [2.05, 4.69) is 15.0 Å². The van der Waals surface area contributed by atoms with Crippen molar-refractivity contribution in [2.75, 3.05) is 0 Å². The van der Waals surface area contributed by atoms with Gasteiger partial charge in [0.15, 0.2) is 0 Å². The Morgan fingerprint density at radius 1 is 1.41 bits per heavy atom. The molecule has 4 rings (SSSR count). The van der Waals surface area contributed by atoms with Crippen LogP contribution in [0.3, 0.4) is 0 Å². The Hall–Kier alpha value is -2.57. The summed E-state index contributed by atoms with van der Waals surface area (Å²) in [6, 6.07) is 1.91. The third kappa shape index (κ3) is 1.85. The van der Waals surface area contributed by atoms with Crippen molar-refractivity contribution >= 4 is 28.0 Å². The molecule has 1 fully saturated rings. The number of rotatable bonds is 2. The van der Waals surface area contributed by atoms with Gasteiger partial charge in [-0.2, -0.15) is 0 Å². The molecule has 1 amide bonds. The van der Waals surface area contributed by atoms with Gasteiger partial charge in [0, 0.05) is 23.5 Å². The lowest BCUT2D eigenvalue weighted by Crippen LogP contribution is -2.32. The van der Waals surface area contributed by atoms with Crippen molar-refractivity contribution < 1.29 is 4.79 Å². The minimum atomic E-state index is -0.272. The molecule has 1 saturated carbocycles. The molecule has 0 saturated heterocycles. The van der Waals surface area contributed by atoms with Crippen molar-refractivity contribution in [1.29, 1.82) is 0 Å². The number of hydrogen-bond donors (Lipinski definition) is 3. The number of carbonyl (C=O) groups excluding carboxylic acids is 1. The summed E-state index contributed by atoms with van der Waals surface area (Å²) in [5.41, 5.74) is 7.63. The smallest absolute Gasteiger partial charge is 0.326 e. The van der Waals surface area contributed by atoms with Gasteiger partial charge in [-0.1, -0.05) is 6.42 Å². The van der Waals surface area contributed by atoms with Crippen LogP contribution < -0.4 is 11.4 Å². The lowest BCUT2D eigenvalue weighted by atomic mass is 9.85. The average Bonchev–Trinajstić information content (AvgIpc) is 3.09. The molecule has 7 heteroatoms. The van der Waals surface area contributed by atoms with Gasteiger partial charge in [-0.3, -0.25) is 9.36 Å². The van der Waals surface area contributed by atoms with Crippen LogP contribution >= 0.6 is 0 Å². The molecule has 114 valence electrons. The SMILES string of the molecule is NC(=O)[C@H]1CCC[C@H](n2c(=O)[nH]c3cnc4[nH]ccc4c32)C1. The maximum Gasteiger partial charge on any atom is 0.326 e. The van der Waals surface area contributed by atoms with Crippen molar-refractivity contribution in [3.05, 3.63) is 28.9 Å². The topological polar surface area (TPSA) is 110 Å². The van der Waals surface area contributed by atoms with E-state index < -0.39 is 0 Å². The average molecular weight is 299 g/mol. The molecule has 3 heterocycles. The summed E-state index contributed by atoms with van der Waals surface area (Å²) >= 11 is 0. The first kappa shape index (κ1) is 13.1. The van der Waals surface area contributed by atoms with E-state index in [1.54, 1.807) is 10.8 Å². The number of nitrogens with one attached hydrogen (secondary N) is 2. The predicted molar refractivity (Wildman–Crippen MR) is 82.4 cm³/mol. The van der Waals surface area contributed by atoms with Crippen LogP contribution in [-0.2, 0) is 4.79 Å². The Labute approximate surface area is 125 Å². The molecule has 3 aromatic heterocycles. The van der Waals surface area contributed by atoms with Gasteiger partial charge in [0.1, 0.15) is 5.65 Å². The fourth-order valence-corrected chi connectivity index (χ4v) is 3.63. The summed E-state index contributed by atoms with van der Waals surface area (Å²) in [6.45, 7) is 0. The maximum absolute atomic E-state index is 12.4. The van der Waals surface area contributed by atoms with E-state index >= 15 is 0 Å². The van der Waals surface area contributed by atoms with Crippen molar-refractivity contribution in [2.24, 2.45) is 11.7 Å². The van der Waals surface area contributed by atoms with E-state index in [0.29, 0.717) is 6.42 Å². The van der Waals surface area contributed by atoms with Crippen molar-refractivity contribution in [2.45, 2.75) is 31.7 Å². The van der Waals surface area contributed by atoms with Crippen molar-refractivity contribution in [1.82, 2.24) is 19.5 Å². The molecular weight excluding hydrogens is 282 g/mol. The van der Waals surface area contributed by atoms with Gasteiger partial charge in [-0.25, -0.2) is 9.78 Å². The number of aromatic nitrogens is 4. The van der Waals surface area contributed by atoms with Gasteiger partial charge in [0.05, 0.1) is 17.2 Å². The van der Waals surface area contributed by atoms with Gasteiger partial charge >= 0.3 is 5.69 Å². The summed E-state index contributed by atoms with van der Waals surface area (Å²) in [6.07, 6.45) is 6.69. The zero-order chi connectivity index (χ0) is 15.3. The minimum Gasteiger partial charge on any atom is -0.369 e. The Kier molecular flexibility index (Phi) is 2.82. The molecule has 0 aromatic carbocycles. The lowest BCUT2D eigenvalue weighted by molar-refractivity contribution is -0.123. The number of imidazole rings is 1. The van der Waals surface area contributed by atoms with E-state index in [0.717, 1.165) is 41.3 Å². The molecule has 2 atom stereocenters. The van der Waals surface area contributed by atoms with Gasteiger partial charge in [0.2, 0.25) is 5.91 Å². The van der Waals surface area contributed by atoms with Crippen LogP contribution in [0, 0.1) is 5.92 Å². The molecule has 0 aliphatic heterocycles. The van der Waals surface area contributed by atoms with Gasteiger partial charge < -0.3 is 15.7 Å². The van der Waals surface area contributed by atoms with Crippen LogP contribution in [0.25, 0.3) is 22.1 Å².